The van der Waals surface area contributed by atoms with Crippen LogP contribution in [0, 0.1) is 0 Å². The number of H-pyrrole nitrogens is 2. The second-order valence-corrected chi connectivity index (χ2v) is 6.58. The topological polar surface area (TPSA) is 182 Å². The van der Waals surface area contributed by atoms with Crippen LogP contribution >= 0.6 is 11.3 Å². The molecule has 1 aromatic carbocycles. The lowest BCUT2D eigenvalue weighted by Crippen LogP contribution is -2.27. The average molecular weight is 415 g/mol. The highest BCUT2D eigenvalue weighted by atomic mass is 32.1. The Morgan fingerprint density at radius 1 is 1.17 bits per heavy atom. The summed E-state index contributed by atoms with van der Waals surface area (Å²) in [6.45, 7) is 0. The molecule has 3 aromatic rings. The van der Waals surface area contributed by atoms with E-state index in [-0.39, 0.29) is 23.0 Å². The van der Waals surface area contributed by atoms with E-state index in [1.807, 2.05) is 4.98 Å². The van der Waals surface area contributed by atoms with Gasteiger partial charge in [0.2, 0.25) is 11.0 Å². The molecule has 0 unspecified atom stereocenters. The molecule has 0 fully saturated rings. The third-order valence-corrected chi connectivity index (χ3v) is 4.14. The van der Waals surface area contributed by atoms with Crippen LogP contribution in [0.25, 0.3) is 0 Å². The van der Waals surface area contributed by atoms with Crippen molar-refractivity contribution in [2.75, 3.05) is 5.32 Å². The minimum Gasteiger partial charge on any atom is -0.508 e. The molecule has 0 aliphatic rings. The van der Waals surface area contributed by atoms with Crippen LogP contribution in [0.3, 0.4) is 0 Å². The predicted octanol–water partition coefficient (Wildman–Crippen LogP) is -0.435. The number of benzene rings is 1. The zero-order valence-corrected chi connectivity index (χ0v) is 15.3. The summed E-state index contributed by atoms with van der Waals surface area (Å²) in [5.41, 5.74) is 1.23. The molecule has 0 aliphatic heterocycles. The van der Waals surface area contributed by atoms with Crippen LogP contribution in [0.4, 0.5) is 5.13 Å². The quantitative estimate of drug-likeness (QED) is 0.267. The highest BCUT2D eigenvalue weighted by Crippen LogP contribution is 2.16. The van der Waals surface area contributed by atoms with Gasteiger partial charge in [-0.1, -0.05) is 11.3 Å². The van der Waals surface area contributed by atoms with Crippen LogP contribution in [0.1, 0.15) is 21.1 Å². The first-order valence-electron chi connectivity index (χ1n) is 7.97. The fourth-order valence-electron chi connectivity index (χ4n) is 2.05. The van der Waals surface area contributed by atoms with Crippen molar-refractivity contribution in [1.29, 1.82) is 0 Å². The highest BCUT2D eigenvalue weighted by molar-refractivity contribution is 7.15. The lowest BCUT2D eigenvalue weighted by molar-refractivity contribution is -0.120. The maximum atomic E-state index is 12.0. The summed E-state index contributed by atoms with van der Waals surface area (Å²) in [5.74, 6) is -1.08. The van der Waals surface area contributed by atoms with Crippen LogP contribution < -0.4 is 22.0 Å². The van der Waals surface area contributed by atoms with Crippen molar-refractivity contribution in [3.8, 4) is 5.75 Å². The Balaban J connectivity index is 1.54. The molecule has 0 spiro atoms. The first kappa shape index (κ1) is 19.6. The van der Waals surface area contributed by atoms with Gasteiger partial charge in [-0.15, -0.1) is 10.2 Å². The second-order valence-electron chi connectivity index (χ2n) is 5.52. The standard InChI is InChI=1S/C16H13N7O5S/c24-9-3-1-8(2-4-9)7-17-21-12(26)6-13-22-23-16(29-13)20-14(27)10-5-11(25)19-15(28)18-10/h1-5,7,24H,6H2,(H,21,26)(H,20,23,27)(H2,18,19,25,28)/b17-7-. The number of carbonyl (C=O) groups is 2. The number of carbonyl (C=O) groups excluding carboxylic acids is 2. The van der Waals surface area contributed by atoms with E-state index < -0.39 is 23.1 Å². The van der Waals surface area contributed by atoms with Gasteiger partial charge < -0.3 is 10.1 Å². The zero-order valence-electron chi connectivity index (χ0n) is 14.5. The SMILES string of the molecule is O=C(Cc1nnc(NC(=O)c2cc(=O)[nH]c(=O)[nH]2)s1)N/N=C\c1ccc(O)cc1. The maximum Gasteiger partial charge on any atom is 0.326 e. The molecule has 148 valence electrons. The molecule has 2 heterocycles. The molecule has 0 radical (unpaired) electrons. The van der Waals surface area contributed by atoms with Crippen LogP contribution in [0.5, 0.6) is 5.75 Å². The van der Waals surface area contributed by atoms with E-state index in [4.69, 9.17) is 0 Å². The number of amides is 2. The van der Waals surface area contributed by atoms with Gasteiger partial charge >= 0.3 is 5.69 Å². The van der Waals surface area contributed by atoms with Crippen LogP contribution in [-0.2, 0) is 11.2 Å². The molecule has 2 amide bonds. The number of aromatic nitrogens is 4. The maximum absolute atomic E-state index is 12.0. The first-order chi connectivity index (χ1) is 13.9. The number of anilines is 1. The number of hydrogen-bond donors (Lipinski definition) is 5. The lowest BCUT2D eigenvalue weighted by Gasteiger charge is -1.99. The summed E-state index contributed by atoms with van der Waals surface area (Å²) in [6, 6.07) is 7.15. The summed E-state index contributed by atoms with van der Waals surface area (Å²) in [6.07, 6.45) is 1.29. The van der Waals surface area contributed by atoms with E-state index in [9.17, 15) is 24.3 Å². The Kier molecular flexibility index (Phi) is 5.89. The van der Waals surface area contributed by atoms with Gasteiger partial charge in [0, 0.05) is 6.07 Å². The van der Waals surface area contributed by atoms with Gasteiger partial charge in [0.05, 0.1) is 12.6 Å². The minimum atomic E-state index is -0.815. The number of aromatic hydroxyl groups is 1. The fourth-order valence-corrected chi connectivity index (χ4v) is 2.78. The lowest BCUT2D eigenvalue weighted by atomic mass is 10.2. The molecule has 29 heavy (non-hydrogen) atoms. The number of phenols is 1. The van der Waals surface area contributed by atoms with Gasteiger partial charge in [-0.3, -0.25) is 24.7 Å². The summed E-state index contributed by atoms with van der Waals surface area (Å²) in [4.78, 5) is 50.5. The van der Waals surface area contributed by atoms with Crippen LogP contribution in [0.15, 0.2) is 45.0 Å². The molecule has 5 N–H and O–H groups in total. The van der Waals surface area contributed by atoms with Gasteiger partial charge in [0.15, 0.2) is 0 Å². The molecule has 0 atom stereocenters. The van der Waals surface area contributed by atoms with Crippen molar-refractivity contribution >= 4 is 34.5 Å². The second kappa shape index (κ2) is 8.71. The predicted molar refractivity (Wildman–Crippen MR) is 103 cm³/mol. The zero-order chi connectivity index (χ0) is 20.8. The Bertz CT molecular complexity index is 1150. The van der Waals surface area contributed by atoms with Gasteiger partial charge in [-0.05, 0) is 29.8 Å². The van der Waals surface area contributed by atoms with Crippen LogP contribution in [-0.4, -0.2) is 43.3 Å². The molecule has 2 aromatic heterocycles. The molecular formula is C16H13N7O5S. The Hall–Kier alpha value is -4.13. The molecule has 0 saturated carbocycles. The van der Waals surface area contributed by atoms with Crippen molar-refractivity contribution in [1.82, 2.24) is 25.6 Å². The smallest absolute Gasteiger partial charge is 0.326 e. The molecule has 0 bridgehead atoms. The largest absolute Gasteiger partial charge is 0.508 e. The minimum absolute atomic E-state index is 0.0894. The molecule has 0 aliphatic carbocycles. The number of rotatable bonds is 6. The summed E-state index contributed by atoms with van der Waals surface area (Å²) in [7, 11) is 0. The number of aromatic amines is 2. The molecule has 3 rings (SSSR count). The number of hydrogen-bond acceptors (Lipinski definition) is 9. The van der Waals surface area contributed by atoms with Crippen molar-refractivity contribution < 1.29 is 14.7 Å². The molecule has 0 saturated heterocycles. The van der Waals surface area contributed by atoms with Gasteiger partial charge in [0.25, 0.3) is 11.5 Å². The third kappa shape index (κ3) is 5.67. The Morgan fingerprint density at radius 2 is 1.93 bits per heavy atom. The van der Waals surface area contributed by atoms with E-state index >= 15 is 0 Å². The van der Waals surface area contributed by atoms with Gasteiger partial charge in [-0.25, -0.2) is 10.2 Å². The summed E-state index contributed by atoms with van der Waals surface area (Å²) in [5, 5.41) is 23.3. The van der Waals surface area contributed by atoms with Gasteiger partial charge in [0.1, 0.15) is 16.5 Å². The summed E-state index contributed by atoms with van der Waals surface area (Å²) < 4.78 is 0. The van der Waals surface area contributed by atoms with Crippen LogP contribution in [0.2, 0.25) is 0 Å². The number of hydrazone groups is 1. The number of phenolic OH excluding ortho intramolecular Hbond substituents is 1. The number of nitrogens with one attached hydrogen (secondary N) is 4. The molecule has 12 nitrogen and oxygen atoms in total. The normalized spacial score (nSPS) is 10.8. The highest BCUT2D eigenvalue weighted by Gasteiger charge is 2.13. The van der Waals surface area contributed by atoms with E-state index in [0.29, 0.717) is 10.6 Å². The van der Waals surface area contributed by atoms with Crippen molar-refractivity contribution in [3.63, 3.8) is 0 Å². The summed E-state index contributed by atoms with van der Waals surface area (Å²) >= 11 is 0.951. The molecule has 13 heteroatoms. The first-order valence-corrected chi connectivity index (χ1v) is 8.79. The Labute approximate surface area is 165 Å². The fraction of sp³-hybridized carbons (Fsp3) is 0.0625. The van der Waals surface area contributed by atoms with Crippen molar-refractivity contribution in [2.45, 2.75) is 6.42 Å². The average Bonchev–Trinajstić information content (AvgIpc) is 3.09. The third-order valence-electron chi connectivity index (χ3n) is 3.30. The number of nitrogens with zero attached hydrogens (tertiary/aromatic N) is 3. The van der Waals surface area contributed by atoms with Gasteiger partial charge in [-0.2, -0.15) is 5.10 Å². The molecular weight excluding hydrogens is 402 g/mol. The van der Waals surface area contributed by atoms with E-state index in [0.717, 1.165) is 17.4 Å². The van der Waals surface area contributed by atoms with Crippen molar-refractivity contribution in [2.24, 2.45) is 5.10 Å². The Morgan fingerprint density at radius 3 is 2.66 bits per heavy atom. The monoisotopic (exact) mass is 415 g/mol. The van der Waals surface area contributed by atoms with E-state index in [2.05, 4.69) is 31.0 Å². The van der Waals surface area contributed by atoms with E-state index in [1.165, 1.54) is 18.3 Å². The van der Waals surface area contributed by atoms with Crippen molar-refractivity contribution in [3.05, 3.63) is 67.4 Å². The van der Waals surface area contributed by atoms with E-state index in [1.54, 1.807) is 12.1 Å².